The van der Waals surface area contributed by atoms with Gasteiger partial charge in [0, 0.05) is 19.7 Å². The first-order chi connectivity index (χ1) is 14.1. The molecule has 0 saturated carbocycles. The average molecular weight is 400 g/mol. The summed E-state index contributed by atoms with van der Waals surface area (Å²) < 4.78 is 0. The largest absolute Gasteiger partial charge is 0.354 e. The Bertz CT molecular complexity index is 1050. The average Bonchev–Trinajstić information content (AvgIpc) is 3.01. The van der Waals surface area contributed by atoms with Gasteiger partial charge in [0.2, 0.25) is 5.78 Å². The van der Waals surface area contributed by atoms with E-state index in [1.807, 2.05) is 99.0 Å². The standard InChI is InChI=1S/C24H21N3OS/c1-27(2)23(29)26-25-21-19-15-9-10-16-20(19)24(22(21)28,17-11-5-3-6-12-17)18-13-7-4-8-14-18/h3-16H,1-2H3,(H,26,29)/b25-21-. The Labute approximate surface area is 175 Å². The summed E-state index contributed by atoms with van der Waals surface area (Å²) in [4.78, 5) is 15.8. The predicted molar refractivity (Wildman–Crippen MR) is 120 cm³/mol. The molecule has 1 N–H and O–H groups in total. The zero-order valence-corrected chi connectivity index (χ0v) is 17.1. The van der Waals surface area contributed by atoms with Gasteiger partial charge in [-0.3, -0.25) is 10.2 Å². The fraction of sp³-hybridized carbons (Fsp3) is 0.125. The van der Waals surface area contributed by atoms with Gasteiger partial charge in [-0.2, -0.15) is 5.10 Å². The molecule has 29 heavy (non-hydrogen) atoms. The number of benzene rings is 3. The van der Waals surface area contributed by atoms with Crippen molar-refractivity contribution in [1.29, 1.82) is 0 Å². The van der Waals surface area contributed by atoms with E-state index >= 15 is 0 Å². The number of hydrazone groups is 1. The smallest absolute Gasteiger partial charge is 0.202 e. The summed E-state index contributed by atoms with van der Waals surface area (Å²) in [7, 11) is 3.66. The van der Waals surface area contributed by atoms with Crippen LogP contribution in [0.3, 0.4) is 0 Å². The maximum absolute atomic E-state index is 14.0. The van der Waals surface area contributed by atoms with Gasteiger partial charge < -0.3 is 4.90 Å². The lowest BCUT2D eigenvalue weighted by Crippen LogP contribution is -2.38. The molecule has 0 atom stereocenters. The van der Waals surface area contributed by atoms with Crippen LogP contribution in [-0.4, -0.2) is 35.6 Å². The van der Waals surface area contributed by atoms with Gasteiger partial charge >= 0.3 is 0 Å². The Morgan fingerprint density at radius 3 is 1.93 bits per heavy atom. The third kappa shape index (κ3) is 3.04. The molecule has 3 aromatic carbocycles. The Morgan fingerprint density at radius 2 is 1.38 bits per heavy atom. The van der Waals surface area contributed by atoms with Gasteiger partial charge in [-0.15, -0.1) is 0 Å². The third-order valence-corrected chi connectivity index (χ3v) is 5.68. The van der Waals surface area contributed by atoms with Gasteiger partial charge in [-0.1, -0.05) is 84.9 Å². The van der Waals surface area contributed by atoms with Crippen LogP contribution >= 0.6 is 12.2 Å². The fourth-order valence-corrected chi connectivity index (χ4v) is 3.92. The molecule has 1 aliphatic carbocycles. The number of hydrogen-bond acceptors (Lipinski definition) is 3. The van der Waals surface area contributed by atoms with Gasteiger partial charge in [-0.05, 0) is 28.9 Å². The van der Waals surface area contributed by atoms with Crippen LogP contribution < -0.4 is 5.43 Å². The lowest BCUT2D eigenvalue weighted by Gasteiger charge is -2.30. The van der Waals surface area contributed by atoms with Crippen molar-refractivity contribution in [2.24, 2.45) is 5.10 Å². The zero-order chi connectivity index (χ0) is 20.4. The molecule has 4 rings (SSSR count). The van der Waals surface area contributed by atoms with E-state index in [0.29, 0.717) is 10.8 Å². The number of nitrogens with zero attached hydrogens (tertiary/aromatic N) is 2. The van der Waals surface area contributed by atoms with Crippen molar-refractivity contribution < 1.29 is 4.79 Å². The SMILES string of the molecule is CN(C)C(=S)N/N=C1\C(=O)C(c2ccccc2)(c2ccccc2)c2ccccc21. The molecule has 0 spiro atoms. The van der Waals surface area contributed by atoms with Gasteiger partial charge in [-0.25, -0.2) is 0 Å². The molecule has 0 saturated heterocycles. The summed E-state index contributed by atoms with van der Waals surface area (Å²) >= 11 is 5.29. The molecule has 0 aliphatic heterocycles. The molecule has 0 heterocycles. The van der Waals surface area contributed by atoms with Gasteiger partial charge in [0.05, 0.1) is 0 Å². The van der Waals surface area contributed by atoms with Crippen LogP contribution in [0.25, 0.3) is 0 Å². The summed E-state index contributed by atoms with van der Waals surface area (Å²) in [6, 6.07) is 27.6. The van der Waals surface area contributed by atoms with E-state index in [2.05, 4.69) is 10.5 Å². The summed E-state index contributed by atoms with van der Waals surface area (Å²) in [6.45, 7) is 0. The van der Waals surface area contributed by atoms with Crippen LogP contribution in [0.4, 0.5) is 0 Å². The zero-order valence-electron chi connectivity index (χ0n) is 16.3. The minimum atomic E-state index is -0.945. The predicted octanol–water partition coefficient (Wildman–Crippen LogP) is 3.74. The number of rotatable bonds is 3. The first-order valence-corrected chi connectivity index (χ1v) is 9.78. The van der Waals surface area contributed by atoms with Gasteiger partial charge in [0.1, 0.15) is 11.1 Å². The molecule has 3 aromatic rings. The number of carbonyl (C=O) groups is 1. The summed E-state index contributed by atoms with van der Waals surface area (Å²) in [5.74, 6) is -0.0647. The topological polar surface area (TPSA) is 44.7 Å². The van der Waals surface area contributed by atoms with E-state index in [1.54, 1.807) is 4.90 Å². The molecule has 1 aliphatic rings. The molecule has 0 unspecified atom stereocenters. The second kappa shape index (κ2) is 7.60. The van der Waals surface area contributed by atoms with Crippen molar-refractivity contribution in [3.05, 3.63) is 107 Å². The van der Waals surface area contributed by atoms with E-state index < -0.39 is 5.41 Å². The number of thiocarbonyl (C=S) groups is 1. The molecule has 0 fully saturated rings. The minimum absolute atomic E-state index is 0.0647. The first-order valence-electron chi connectivity index (χ1n) is 9.37. The van der Waals surface area contributed by atoms with Crippen molar-refractivity contribution in [3.8, 4) is 0 Å². The minimum Gasteiger partial charge on any atom is -0.354 e. The summed E-state index contributed by atoms with van der Waals surface area (Å²) in [5.41, 5.74) is 5.89. The van der Waals surface area contributed by atoms with E-state index in [4.69, 9.17) is 12.2 Å². The molecule has 0 bridgehead atoms. The van der Waals surface area contributed by atoms with Crippen molar-refractivity contribution >= 4 is 28.8 Å². The monoisotopic (exact) mass is 399 g/mol. The number of ketones is 1. The normalized spacial score (nSPS) is 15.8. The van der Waals surface area contributed by atoms with Crippen LogP contribution in [0.5, 0.6) is 0 Å². The van der Waals surface area contributed by atoms with Gasteiger partial charge in [0.25, 0.3) is 0 Å². The lowest BCUT2D eigenvalue weighted by atomic mass is 9.69. The van der Waals surface area contributed by atoms with Crippen LogP contribution in [-0.2, 0) is 10.2 Å². The number of nitrogens with one attached hydrogen (secondary N) is 1. The Balaban J connectivity index is 1.99. The molecule has 0 aromatic heterocycles. The van der Waals surface area contributed by atoms with Crippen LogP contribution in [0.15, 0.2) is 90.0 Å². The highest BCUT2D eigenvalue weighted by molar-refractivity contribution is 7.80. The molecule has 0 amide bonds. The molecular weight excluding hydrogens is 378 g/mol. The van der Waals surface area contributed by atoms with Crippen molar-refractivity contribution in [2.45, 2.75) is 5.41 Å². The maximum Gasteiger partial charge on any atom is 0.202 e. The van der Waals surface area contributed by atoms with E-state index in [9.17, 15) is 4.79 Å². The lowest BCUT2D eigenvalue weighted by molar-refractivity contribution is -0.115. The molecule has 144 valence electrons. The quantitative estimate of drug-likeness (QED) is 0.538. The summed E-state index contributed by atoms with van der Waals surface area (Å²) in [5, 5.41) is 4.89. The maximum atomic E-state index is 14.0. The summed E-state index contributed by atoms with van der Waals surface area (Å²) in [6.07, 6.45) is 0. The van der Waals surface area contributed by atoms with Crippen LogP contribution in [0, 0.1) is 0 Å². The Kier molecular flexibility index (Phi) is 4.99. The van der Waals surface area contributed by atoms with E-state index in [-0.39, 0.29) is 5.78 Å². The molecule has 0 radical (unpaired) electrons. The highest BCUT2D eigenvalue weighted by Gasteiger charge is 2.52. The fourth-order valence-electron chi connectivity index (χ4n) is 3.87. The third-order valence-electron chi connectivity index (χ3n) is 5.22. The van der Waals surface area contributed by atoms with E-state index in [0.717, 1.165) is 22.3 Å². The Hall–Kier alpha value is -3.31. The highest BCUT2D eigenvalue weighted by atomic mass is 32.1. The second-order valence-electron chi connectivity index (χ2n) is 7.13. The highest BCUT2D eigenvalue weighted by Crippen LogP contribution is 2.46. The number of fused-ring (bicyclic) bond motifs is 1. The van der Waals surface area contributed by atoms with Crippen LogP contribution in [0.2, 0.25) is 0 Å². The van der Waals surface area contributed by atoms with Crippen LogP contribution in [0.1, 0.15) is 22.3 Å². The molecule has 4 nitrogen and oxygen atoms in total. The van der Waals surface area contributed by atoms with Crippen molar-refractivity contribution in [3.63, 3.8) is 0 Å². The van der Waals surface area contributed by atoms with E-state index in [1.165, 1.54) is 0 Å². The molecular formula is C24H21N3OS. The van der Waals surface area contributed by atoms with Crippen molar-refractivity contribution in [2.75, 3.05) is 14.1 Å². The first kappa shape index (κ1) is 19.0. The second-order valence-corrected chi connectivity index (χ2v) is 7.52. The number of hydrogen-bond donors (Lipinski definition) is 1. The molecule has 5 heteroatoms. The Morgan fingerprint density at radius 1 is 0.862 bits per heavy atom. The van der Waals surface area contributed by atoms with Crippen molar-refractivity contribution in [1.82, 2.24) is 10.3 Å². The van der Waals surface area contributed by atoms with Gasteiger partial charge in [0.15, 0.2) is 5.11 Å². The number of Topliss-reactive ketones (excluding diaryl/α,β-unsaturated/α-hetero) is 1. The number of carbonyl (C=O) groups excluding carboxylic acids is 1.